The zero-order chi connectivity index (χ0) is 25.7. The number of hydrogen-bond donors (Lipinski definition) is 1. The summed E-state index contributed by atoms with van der Waals surface area (Å²) in [5.41, 5.74) is 2.06. The number of H-pyrrole nitrogens is 1. The van der Waals surface area contributed by atoms with Crippen LogP contribution in [-0.4, -0.2) is 26.5 Å². The van der Waals surface area contributed by atoms with Crippen molar-refractivity contribution in [3.05, 3.63) is 105 Å². The van der Waals surface area contributed by atoms with Crippen molar-refractivity contribution in [3.63, 3.8) is 0 Å². The lowest BCUT2D eigenvalue weighted by atomic mass is 10.1. The van der Waals surface area contributed by atoms with Crippen molar-refractivity contribution < 1.29 is 22.6 Å². The van der Waals surface area contributed by atoms with Crippen LogP contribution in [0, 0.1) is 6.92 Å². The average Bonchev–Trinajstić information content (AvgIpc) is 2.84. The highest BCUT2D eigenvalue weighted by Crippen LogP contribution is 2.27. The molecule has 2 heterocycles. The Morgan fingerprint density at radius 3 is 2.28 bits per heavy atom. The molecule has 0 radical (unpaired) electrons. The van der Waals surface area contributed by atoms with Crippen LogP contribution in [0.5, 0.6) is 17.5 Å². The number of aryl methyl sites for hydroxylation is 1. The van der Waals surface area contributed by atoms with E-state index in [2.05, 4.69) is 19.9 Å². The topological polar surface area (TPSA) is 90.0 Å². The number of ether oxygens (including phenoxy) is 2. The van der Waals surface area contributed by atoms with Crippen molar-refractivity contribution in [1.82, 2.24) is 19.9 Å². The van der Waals surface area contributed by atoms with Crippen molar-refractivity contribution in [2.75, 3.05) is 6.61 Å². The van der Waals surface area contributed by atoms with Crippen LogP contribution in [0.3, 0.4) is 0 Å². The molecule has 7 nitrogen and oxygen atoms in total. The Morgan fingerprint density at radius 1 is 0.944 bits per heavy atom. The summed E-state index contributed by atoms with van der Waals surface area (Å²) in [6.45, 7) is 2.17. The summed E-state index contributed by atoms with van der Waals surface area (Å²) in [5, 5.41) is 0.678. The Bertz CT molecular complexity index is 1390. The van der Waals surface area contributed by atoms with Gasteiger partial charge >= 0.3 is 6.18 Å². The lowest BCUT2D eigenvalue weighted by molar-refractivity contribution is -0.145. The van der Waals surface area contributed by atoms with Gasteiger partial charge in [-0.05, 0) is 53.9 Å². The van der Waals surface area contributed by atoms with Gasteiger partial charge < -0.3 is 9.47 Å². The predicted octanol–water partition coefficient (Wildman–Crippen LogP) is 5.55. The van der Waals surface area contributed by atoms with E-state index < -0.39 is 17.6 Å². The number of halogens is 4. The molecule has 0 aliphatic carbocycles. The molecule has 36 heavy (non-hydrogen) atoms. The van der Waals surface area contributed by atoms with E-state index in [-0.39, 0.29) is 24.6 Å². The monoisotopic (exact) mass is 516 g/mol. The molecule has 0 bridgehead atoms. The fraction of sp³-hybridized carbons (Fsp3) is 0.200. The number of alkyl halides is 3. The molecule has 2 aromatic heterocycles. The van der Waals surface area contributed by atoms with Crippen LogP contribution < -0.4 is 15.0 Å². The summed E-state index contributed by atoms with van der Waals surface area (Å²) in [6, 6.07) is 13.0. The molecule has 0 saturated carbocycles. The first-order chi connectivity index (χ1) is 17.2. The number of rotatable bonds is 8. The molecule has 0 aliphatic rings. The molecule has 0 saturated heterocycles. The van der Waals surface area contributed by atoms with Gasteiger partial charge in [-0.1, -0.05) is 23.7 Å². The molecule has 186 valence electrons. The Labute approximate surface area is 208 Å². The summed E-state index contributed by atoms with van der Waals surface area (Å²) < 4.78 is 49.1. The third-order valence-corrected chi connectivity index (χ3v) is 5.55. The Balaban J connectivity index is 1.28. The van der Waals surface area contributed by atoms with Crippen LogP contribution in [-0.2, 0) is 19.0 Å². The molecule has 0 aliphatic heterocycles. The van der Waals surface area contributed by atoms with Gasteiger partial charge in [0.15, 0.2) is 0 Å². The molecule has 0 atom stereocenters. The van der Waals surface area contributed by atoms with Crippen LogP contribution in [0.25, 0.3) is 0 Å². The quantitative estimate of drug-likeness (QED) is 0.330. The average molecular weight is 517 g/mol. The maximum atomic E-state index is 12.6. The van der Waals surface area contributed by atoms with Gasteiger partial charge in [0, 0.05) is 42.0 Å². The largest absolute Gasteiger partial charge is 0.464 e. The number of aromatic nitrogens is 4. The van der Waals surface area contributed by atoms with Crippen molar-refractivity contribution in [2.24, 2.45) is 0 Å². The number of aromatic amines is 1. The van der Waals surface area contributed by atoms with Crippen molar-refractivity contribution in [1.29, 1.82) is 0 Å². The zero-order valence-electron chi connectivity index (χ0n) is 19.0. The van der Waals surface area contributed by atoms with E-state index >= 15 is 0 Å². The van der Waals surface area contributed by atoms with Gasteiger partial charge in [0.1, 0.15) is 11.5 Å². The standard InChI is InChI=1S/C25H20ClF3N4O3/c1-15-10-20(6-7-21(15)26)36-19-4-2-16(3-5-19)8-9-35-24-32-14-18(22(34)33-24)11-17-12-30-23(31-13-17)25(27,28)29/h2-7,10,12-14H,8-9,11H2,1H3,(H,32,33,34). The van der Waals surface area contributed by atoms with Gasteiger partial charge in [-0.15, -0.1) is 0 Å². The molecule has 4 rings (SSSR count). The molecule has 0 fully saturated rings. The number of nitrogens with one attached hydrogen (secondary N) is 1. The molecule has 0 spiro atoms. The van der Waals surface area contributed by atoms with E-state index in [4.69, 9.17) is 21.1 Å². The second kappa shape index (κ2) is 10.8. The maximum absolute atomic E-state index is 12.6. The molecule has 2 aromatic carbocycles. The van der Waals surface area contributed by atoms with Gasteiger partial charge in [0.25, 0.3) is 11.6 Å². The van der Waals surface area contributed by atoms with Gasteiger partial charge in [-0.3, -0.25) is 9.78 Å². The lowest BCUT2D eigenvalue weighted by Crippen LogP contribution is -2.17. The number of nitrogens with zero attached hydrogens (tertiary/aromatic N) is 3. The second-order valence-electron chi connectivity index (χ2n) is 7.89. The van der Waals surface area contributed by atoms with Gasteiger partial charge in [0.2, 0.25) is 5.82 Å². The van der Waals surface area contributed by atoms with E-state index in [1.807, 2.05) is 37.3 Å². The van der Waals surface area contributed by atoms with Gasteiger partial charge in [-0.2, -0.15) is 13.2 Å². The Hall–Kier alpha value is -3.92. The highest BCUT2D eigenvalue weighted by molar-refractivity contribution is 6.31. The van der Waals surface area contributed by atoms with E-state index in [9.17, 15) is 18.0 Å². The lowest BCUT2D eigenvalue weighted by Gasteiger charge is -2.09. The molecular weight excluding hydrogens is 497 g/mol. The van der Waals surface area contributed by atoms with Gasteiger partial charge in [0.05, 0.1) is 6.61 Å². The fourth-order valence-electron chi connectivity index (χ4n) is 3.22. The second-order valence-corrected chi connectivity index (χ2v) is 8.29. The Morgan fingerprint density at radius 2 is 1.64 bits per heavy atom. The first-order valence-electron chi connectivity index (χ1n) is 10.8. The predicted molar refractivity (Wildman–Crippen MR) is 127 cm³/mol. The highest BCUT2D eigenvalue weighted by Gasteiger charge is 2.34. The third-order valence-electron chi connectivity index (χ3n) is 5.12. The smallest absolute Gasteiger partial charge is 0.451 e. The van der Waals surface area contributed by atoms with Gasteiger partial charge in [-0.25, -0.2) is 15.0 Å². The molecule has 4 aromatic rings. The minimum absolute atomic E-state index is 0.0325. The van der Waals surface area contributed by atoms with Crippen LogP contribution in [0.2, 0.25) is 5.02 Å². The zero-order valence-corrected chi connectivity index (χ0v) is 19.7. The van der Waals surface area contributed by atoms with Crippen molar-refractivity contribution in [2.45, 2.75) is 25.9 Å². The SMILES string of the molecule is Cc1cc(Oc2ccc(CCOc3ncc(Cc4cnc(C(F)(F)F)nc4)c(=O)[nH]3)cc2)ccc1Cl. The molecular formula is C25H20ClF3N4O3. The van der Waals surface area contributed by atoms with Crippen LogP contribution >= 0.6 is 11.6 Å². The van der Waals surface area contributed by atoms with E-state index in [1.165, 1.54) is 6.20 Å². The number of hydrogen-bond acceptors (Lipinski definition) is 6. The minimum Gasteiger partial charge on any atom is -0.464 e. The van der Waals surface area contributed by atoms with Crippen LogP contribution in [0.15, 0.2) is 65.8 Å². The Kier molecular flexibility index (Phi) is 7.54. The summed E-state index contributed by atoms with van der Waals surface area (Å²) >= 11 is 6.04. The molecule has 0 amide bonds. The summed E-state index contributed by atoms with van der Waals surface area (Å²) in [6.07, 6.45) is -0.641. The minimum atomic E-state index is -4.62. The van der Waals surface area contributed by atoms with Crippen molar-refractivity contribution >= 4 is 11.6 Å². The van der Waals surface area contributed by atoms with Crippen LogP contribution in [0.4, 0.5) is 13.2 Å². The van der Waals surface area contributed by atoms with E-state index in [1.54, 1.807) is 12.1 Å². The van der Waals surface area contributed by atoms with Crippen molar-refractivity contribution in [3.8, 4) is 17.5 Å². The number of benzene rings is 2. The summed E-state index contributed by atoms with van der Waals surface area (Å²) in [5.74, 6) is 0.138. The summed E-state index contributed by atoms with van der Waals surface area (Å²) in [7, 11) is 0. The summed E-state index contributed by atoms with van der Waals surface area (Å²) in [4.78, 5) is 25.5. The third kappa shape index (κ3) is 6.60. The molecule has 0 unspecified atom stereocenters. The van der Waals surface area contributed by atoms with E-state index in [0.29, 0.717) is 28.5 Å². The molecule has 1 N–H and O–H groups in total. The molecule has 11 heteroatoms. The maximum Gasteiger partial charge on any atom is 0.451 e. The normalized spacial score (nSPS) is 11.4. The first kappa shape index (κ1) is 25.2. The van der Waals surface area contributed by atoms with E-state index in [0.717, 1.165) is 23.5 Å². The first-order valence-corrected chi connectivity index (χ1v) is 11.2. The van der Waals surface area contributed by atoms with Crippen LogP contribution in [0.1, 0.15) is 28.1 Å². The highest BCUT2D eigenvalue weighted by atomic mass is 35.5. The fourth-order valence-corrected chi connectivity index (χ4v) is 3.34.